The maximum atomic E-state index is 12.7. The Balaban J connectivity index is 2.07. The standard InChI is InChI=1S/C20H29NO4/c1-3-25-19(23)17(21-15(2)16-10-6-4-7-11-16)14-18(22)20(24)12-8-5-9-13-20/h4,6-7,10-11,15,17,21,24H,3,5,8-9,12-14H2,1-2H3. The van der Waals surface area contributed by atoms with Crippen molar-refractivity contribution >= 4 is 11.8 Å². The molecule has 5 nitrogen and oxygen atoms in total. The van der Waals surface area contributed by atoms with E-state index in [0.717, 1.165) is 24.8 Å². The predicted molar refractivity (Wildman–Crippen MR) is 96.1 cm³/mol. The van der Waals surface area contributed by atoms with Crippen molar-refractivity contribution in [1.29, 1.82) is 0 Å². The lowest BCUT2D eigenvalue weighted by Gasteiger charge is -2.32. The summed E-state index contributed by atoms with van der Waals surface area (Å²) in [7, 11) is 0. The number of rotatable bonds is 8. The molecule has 1 aromatic rings. The highest BCUT2D eigenvalue weighted by Gasteiger charge is 2.39. The first-order valence-electron chi connectivity index (χ1n) is 9.19. The summed E-state index contributed by atoms with van der Waals surface area (Å²) >= 11 is 0. The lowest BCUT2D eigenvalue weighted by atomic mass is 9.80. The van der Waals surface area contributed by atoms with Crippen molar-refractivity contribution in [2.24, 2.45) is 0 Å². The highest BCUT2D eigenvalue weighted by atomic mass is 16.5. The molecular formula is C20H29NO4. The molecule has 0 saturated heterocycles. The van der Waals surface area contributed by atoms with E-state index in [4.69, 9.17) is 4.74 Å². The molecule has 2 atom stereocenters. The molecule has 0 radical (unpaired) electrons. The lowest BCUT2D eigenvalue weighted by Crippen LogP contribution is -2.47. The summed E-state index contributed by atoms with van der Waals surface area (Å²) in [5.74, 6) is -0.712. The van der Waals surface area contributed by atoms with Crippen molar-refractivity contribution in [1.82, 2.24) is 5.32 Å². The van der Waals surface area contributed by atoms with Gasteiger partial charge in [0.2, 0.25) is 0 Å². The van der Waals surface area contributed by atoms with Crippen molar-refractivity contribution < 1.29 is 19.4 Å². The molecular weight excluding hydrogens is 318 g/mol. The summed E-state index contributed by atoms with van der Waals surface area (Å²) in [6.07, 6.45) is 3.65. The normalized spacial score (nSPS) is 19.0. The maximum Gasteiger partial charge on any atom is 0.323 e. The summed E-state index contributed by atoms with van der Waals surface area (Å²) in [5, 5.41) is 13.8. The van der Waals surface area contributed by atoms with Crippen molar-refractivity contribution in [3.05, 3.63) is 35.9 Å². The van der Waals surface area contributed by atoms with Gasteiger partial charge in [-0.05, 0) is 32.3 Å². The second kappa shape index (κ2) is 9.11. The fourth-order valence-corrected chi connectivity index (χ4v) is 3.38. The minimum atomic E-state index is -1.29. The topological polar surface area (TPSA) is 75.6 Å². The van der Waals surface area contributed by atoms with E-state index in [0.29, 0.717) is 12.8 Å². The summed E-state index contributed by atoms with van der Waals surface area (Å²) in [6, 6.07) is 8.87. The van der Waals surface area contributed by atoms with Crippen molar-refractivity contribution in [3.8, 4) is 0 Å². The van der Waals surface area contributed by atoms with Crippen LogP contribution in [0.15, 0.2) is 30.3 Å². The average molecular weight is 347 g/mol. The van der Waals surface area contributed by atoms with Crippen LogP contribution < -0.4 is 5.32 Å². The van der Waals surface area contributed by atoms with Crippen LogP contribution in [0.25, 0.3) is 0 Å². The zero-order chi connectivity index (χ0) is 18.3. The molecule has 138 valence electrons. The van der Waals surface area contributed by atoms with Gasteiger partial charge in [0.05, 0.1) is 6.61 Å². The van der Waals surface area contributed by atoms with Gasteiger partial charge in [-0.2, -0.15) is 0 Å². The first-order chi connectivity index (χ1) is 12.0. The summed E-state index contributed by atoms with van der Waals surface area (Å²) in [5.41, 5.74) is -0.263. The van der Waals surface area contributed by atoms with E-state index in [1.54, 1.807) is 6.92 Å². The van der Waals surface area contributed by atoms with Crippen molar-refractivity contribution in [2.75, 3.05) is 6.61 Å². The molecule has 2 unspecified atom stereocenters. The van der Waals surface area contributed by atoms with E-state index in [1.807, 2.05) is 37.3 Å². The van der Waals surface area contributed by atoms with Gasteiger partial charge in [-0.15, -0.1) is 0 Å². The van der Waals surface area contributed by atoms with Crippen molar-refractivity contribution in [3.63, 3.8) is 0 Å². The Hall–Kier alpha value is -1.72. The van der Waals surface area contributed by atoms with Crippen LogP contribution in [0, 0.1) is 0 Å². The molecule has 5 heteroatoms. The minimum absolute atomic E-state index is 0.0491. The zero-order valence-electron chi connectivity index (χ0n) is 15.2. The molecule has 25 heavy (non-hydrogen) atoms. The number of aliphatic hydroxyl groups is 1. The number of ketones is 1. The molecule has 0 aromatic heterocycles. The first kappa shape index (κ1) is 19.6. The highest BCUT2D eigenvalue weighted by molar-refractivity contribution is 5.92. The smallest absolute Gasteiger partial charge is 0.323 e. The number of carbonyl (C=O) groups excluding carboxylic acids is 2. The van der Waals surface area contributed by atoms with E-state index in [2.05, 4.69) is 5.32 Å². The van der Waals surface area contributed by atoms with Gasteiger partial charge >= 0.3 is 5.97 Å². The number of Topliss-reactive ketones (excluding diaryl/α,β-unsaturated/α-hetero) is 1. The summed E-state index contributed by atoms with van der Waals surface area (Å²) < 4.78 is 5.13. The van der Waals surface area contributed by atoms with E-state index in [9.17, 15) is 14.7 Å². The van der Waals surface area contributed by atoms with Crippen LogP contribution in [0.3, 0.4) is 0 Å². The average Bonchev–Trinajstić information content (AvgIpc) is 2.62. The number of ether oxygens (including phenoxy) is 1. The number of hydrogen-bond donors (Lipinski definition) is 2. The highest BCUT2D eigenvalue weighted by Crippen LogP contribution is 2.30. The Kier molecular flexibility index (Phi) is 7.14. The fourth-order valence-electron chi connectivity index (χ4n) is 3.38. The molecule has 1 saturated carbocycles. The fraction of sp³-hybridized carbons (Fsp3) is 0.600. The van der Waals surface area contributed by atoms with Gasteiger partial charge in [0.15, 0.2) is 5.78 Å². The van der Waals surface area contributed by atoms with Gasteiger partial charge < -0.3 is 9.84 Å². The molecule has 0 spiro atoms. The van der Waals surface area contributed by atoms with Gasteiger partial charge in [0, 0.05) is 12.5 Å². The second-order valence-corrected chi connectivity index (χ2v) is 6.82. The van der Waals surface area contributed by atoms with Crippen LogP contribution in [0.1, 0.15) is 64.0 Å². The van der Waals surface area contributed by atoms with Gasteiger partial charge in [-0.25, -0.2) is 0 Å². The molecule has 0 heterocycles. The number of nitrogens with one attached hydrogen (secondary N) is 1. The first-order valence-corrected chi connectivity index (χ1v) is 9.19. The summed E-state index contributed by atoms with van der Waals surface area (Å²) in [4.78, 5) is 25.0. The third-order valence-corrected chi connectivity index (χ3v) is 4.91. The predicted octanol–water partition coefficient (Wildman–Crippen LogP) is 2.92. The Bertz CT molecular complexity index is 566. The van der Waals surface area contributed by atoms with Gasteiger partial charge in [0.1, 0.15) is 11.6 Å². The van der Waals surface area contributed by atoms with Crippen LogP contribution in [-0.4, -0.2) is 35.1 Å². The van der Waals surface area contributed by atoms with Crippen molar-refractivity contribution in [2.45, 2.75) is 70.1 Å². The molecule has 1 aliphatic rings. The summed E-state index contributed by atoms with van der Waals surface area (Å²) in [6.45, 7) is 3.95. The minimum Gasteiger partial charge on any atom is -0.465 e. The van der Waals surface area contributed by atoms with E-state index >= 15 is 0 Å². The molecule has 0 bridgehead atoms. The van der Waals surface area contributed by atoms with E-state index in [1.165, 1.54) is 0 Å². The van der Waals surface area contributed by atoms with Crippen LogP contribution in [0.2, 0.25) is 0 Å². The Morgan fingerprint density at radius 1 is 1.20 bits per heavy atom. The van der Waals surface area contributed by atoms with Crippen LogP contribution in [0.5, 0.6) is 0 Å². The van der Waals surface area contributed by atoms with E-state index in [-0.39, 0.29) is 24.9 Å². The lowest BCUT2D eigenvalue weighted by molar-refractivity contribution is -0.150. The molecule has 0 aliphatic heterocycles. The number of esters is 1. The van der Waals surface area contributed by atoms with Gasteiger partial charge in [0.25, 0.3) is 0 Å². The Morgan fingerprint density at radius 2 is 1.84 bits per heavy atom. The molecule has 1 aromatic carbocycles. The largest absolute Gasteiger partial charge is 0.465 e. The van der Waals surface area contributed by atoms with E-state index < -0.39 is 17.6 Å². The third-order valence-electron chi connectivity index (χ3n) is 4.91. The van der Waals surface area contributed by atoms with Crippen LogP contribution in [0.4, 0.5) is 0 Å². The van der Waals surface area contributed by atoms with Crippen LogP contribution >= 0.6 is 0 Å². The maximum absolute atomic E-state index is 12.7. The molecule has 1 fully saturated rings. The van der Waals surface area contributed by atoms with Gasteiger partial charge in [-0.1, -0.05) is 49.6 Å². The molecule has 0 amide bonds. The van der Waals surface area contributed by atoms with Gasteiger partial charge in [-0.3, -0.25) is 14.9 Å². The molecule has 1 aliphatic carbocycles. The number of benzene rings is 1. The quantitative estimate of drug-likeness (QED) is 0.707. The molecule has 2 rings (SSSR count). The Labute approximate surface area is 149 Å². The Morgan fingerprint density at radius 3 is 2.44 bits per heavy atom. The monoisotopic (exact) mass is 347 g/mol. The SMILES string of the molecule is CCOC(=O)C(CC(=O)C1(O)CCCCC1)NC(C)c1ccccc1. The number of hydrogen-bond acceptors (Lipinski definition) is 5. The van der Waals surface area contributed by atoms with Crippen LogP contribution in [-0.2, 0) is 14.3 Å². The third kappa shape index (κ3) is 5.38. The molecule has 2 N–H and O–H groups in total. The zero-order valence-corrected chi connectivity index (χ0v) is 15.2. The second-order valence-electron chi connectivity index (χ2n) is 6.82. The number of carbonyl (C=O) groups is 2.